The molecule has 0 bridgehead atoms. The second-order valence-electron chi connectivity index (χ2n) is 6.14. The molecule has 1 N–H and O–H groups in total. The van der Waals surface area contributed by atoms with Crippen molar-refractivity contribution in [2.75, 3.05) is 0 Å². The standard InChI is InChI=1S/C14H24N2O/c1-4-11-16-12(5-10-15-16)14(17)8-6-13(2,3)7-9-14/h5,10,17H,4,6-9,11H2,1-3H3. The molecule has 2 rings (SSSR count). The maximum atomic E-state index is 10.8. The topological polar surface area (TPSA) is 38.0 Å². The van der Waals surface area contributed by atoms with Crippen LogP contribution in [0.3, 0.4) is 0 Å². The molecule has 0 aromatic carbocycles. The van der Waals surface area contributed by atoms with E-state index >= 15 is 0 Å². The molecule has 0 atom stereocenters. The highest BCUT2D eigenvalue weighted by atomic mass is 16.3. The van der Waals surface area contributed by atoms with Gasteiger partial charge in [0, 0.05) is 12.7 Å². The molecule has 0 radical (unpaired) electrons. The first kappa shape index (κ1) is 12.6. The molecular formula is C14H24N2O. The third kappa shape index (κ3) is 2.54. The van der Waals surface area contributed by atoms with Crippen LogP contribution < -0.4 is 0 Å². The van der Waals surface area contributed by atoms with Crippen LogP contribution in [0.25, 0.3) is 0 Å². The molecule has 0 unspecified atom stereocenters. The van der Waals surface area contributed by atoms with Crippen molar-refractivity contribution in [3.05, 3.63) is 18.0 Å². The highest BCUT2D eigenvalue weighted by Gasteiger charge is 2.39. The Balaban J connectivity index is 2.18. The van der Waals surface area contributed by atoms with Gasteiger partial charge < -0.3 is 5.11 Å². The normalized spacial score (nSPS) is 22.6. The van der Waals surface area contributed by atoms with Crippen molar-refractivity contribution in [3.8, 4) is 0 Å². The van der Waals surface area contributed by atoms with Gasteiger partial charge >= 0.3 is 0 Å². The lowest BCUT2D eigenvalue weighted by Gasteiger charge is -2.40. The highest BCUT2D eigenvalue weighted by molar-refractivity contribution is 5.13. The number of aryl methyl sites for hydroxylation is 1. The molecule has 3 heteroatoms. The van der Waals surface area contributed by atoms with E-state index in [0.29, 0.717) is 5.41 Å². The maximum absolute atomic E-state index is 10.8. The number of aliphatic hydroxyl groups is 1. The van der Waals surface area contributed by atoms with E-state index in [4.69, 9.17) is 0 Å². The molecule has 0 saturated heterocycles. The molecule has 1 heterocycles. The summed E-state index contributed by atoms with van der Waals surface area (Å²) in [7, 11) is 0. The van der Waals surface area contributed by atoms with Crippen LogP contribution in [0.4, 0.5) is 0 Å². The van der Waals surface area contributed by atoms with Crippen LogP contribution in [0.5, 0.6) is 0 Å². The van der Waals surface area contributed by atoms with E-state index in [0.717, 1.165) is 44.3 Å². The van der Waals surface area contributed by atoms with E-state index in [1.165, 1.54) is 0 Å². The SMILES string of the molecule is CCCn1nccc1C1(O)CCC(C)(C)CC1. The molecular weight excluding hydrogens is 212 g/mol. The summed E-state index contributed by atoms with van der Waals surface area (Å²) in [6, 6.07) is 1.98. The molecule has 1 saturated carbocycles. The first-order valence-electron chi connectivity index (χ1n) is 6.71. The van der Waals surface area contributed by atoms with Crippen LogP contribution in [0, 0.1) is 5.41 Å². The van der Waals surface area contributed by atoms with E-state index in [1.54, 1.807) is 0 Å². The number of hydrogen-bond acceptors (Lipinski definition) is 2. The number of rotatable bonds is 3. The Morgan fingerprint density at radius 3 is 2.53 bits per heavy atom. The molecule has 17 heavy (non-hydrogen) atoms. The van der Waals surface area contributed by atoms with Crippen molar-refractivity contribution < 1.29 is 5.11 Å². The smallest absolute Gasteiger partial charge is 0.106 e. The van der Waals surface area contributed by atoms with Gasteiger partial charge in [0.25, 0.3) is 0 Å². The predicted molar refractivity (Wildman–Crippen MR) is 68.7 cm³/mol. The Bertz CT molecular complexity index is 371. The van der Waals surface area contributed by atoms with Crippen LogP contribution in [0.1, 0.15) is 58.6 Å². The fourth-order valence-corrected chi connectivity index (χ4v) is 2.71. The summed E-state index contributed by atoms with van der Waals surface area (Å²) >= 11 is 0. The quantitative estimate of drug-likeness (QED) is 0.875. The maximum Gasteiger partial charge on any atom is 0.106 e. The second-order valence-corrected chi connectivity index (χ2v) is 6.14. The molecule has 1 aromatic rings. The van der Waals surface area contributed by atoms with Crippen LogP contribution in [-0.4, -0.2) is 14.9 Å². The monoisotopic (exact) mass is 236 g/mol. The molecule has 1 fully saturated rings. The molecule has 1 aliphatic rings. The highest BCUT2D eigenvalue weighted by Crippen LogP contribution is 2.44. The van der Waals surface area contributed by atoms with Gasteiger partial charge in [-0.05, 0) is 43.6 Å². The summed E-state index contributed by atoms with van der Waals surface area (Å²) in [5.41, 5.74) is 0.734. The minimum atomic E-state index is -0.652. The van der Waals surface area contributed by atoms with Gasteiger partial charge in [-0.15, -0.1) is 0 Å². The minimum absolute atomic E-state index is 0.377. The lowest BCUT2D eigenvalue weighted by atomic mass is 9.70. The van der Waals surface area contributed by atoms with Gasteiger partial charge in [-0.1, -0.05) is 20.8 Å². The average molecular weight is 236 g/mol. The first-order chi connectivity index (χ1) is 7.97. The zero-order valence-corrected chi connectivity index (χ0v) is 11.2. The summed E-state index contributed by atoms with van der Waals surface area (Å²) in [6.07, 6.45) is 6.74. The summed E-state index contributed by atoms with van der Waals surface area (Å²) in [5.74, 6) is 0. The van der Waals surface area contributed by atoms with Crippen molar-refractivity contribution in [2.24, 2.45) is 5.41 Å². The van der Waals surface area contributed by atoms with Gasteiger partial charge in [0.1, 0.15) is 5.60 Å². The fourth-order valence-electron chi connectivity index (χ4n) is 2.71. The molecule has 0 aliphatic heterocycles. The summed E-state index contributed by atoms with van der Waals surface area (Å²) < 4.78 is 1.97. The Labute approximate surface area is 104 Å². The van der Waals surface area contributed by atoms with Crippen molar-refractivity contribution in [1.82, 2.24) is 9.78 Å². The third-order valence-corrected chi connectivity index (χ3v) is 4.06. The minimum Gasteiger partial charge on any atom is -0.384 e. The summed E-state index contributed by atoms with van der Waals surface area (Å²) in [5, 5.41) is 15.1. The summed E-state index contributed by atoms with van der Waals surface area (Å²) in [6.45, 7) is 7.61. The zero-order chi connectivity index (χ0) is 12.5. The van der Waals surface area contributed by atoms with Crippen LogP contribution in [-0.2, 0) is 12.1 Å². The van der Waals surface area contributed by atoms with Crippen LogP contribution in [0.2, 0.25) is 0 Å². The Kier molecular flexibility index (Phi) is 3.30. The van der Waals surface area contributed by atoms with Crippen LogP contribution in [0.15, 0.2) is 12.3 Å². The summed E-state index contributed by atoms with van der Waals surface area (Å²) in [4.78, 5) is 0. The second kappa shape index (κ2) is 4.45. The van der Waals surface area contributed by atoms with Crippen LogP contribution >= 0.6 is 0 Å². The number of nitrogens with zero attached hydrogens (tertiary/aromatic N) is 2. The van der Waals surface area contributed by atoms with Gasteiger partial charge in [-0.3, -0.25) is 4.68 Å². The molecule has 0 spiro atoms. The largest absolute Gasteiger partial charge is 0.384 e. The van der Waals surface area contributed by atoms with Gasteiger partial charge in [-0.25, -0.2) is 0 Å². The fraction of sp³-hybridized carbons (Fsp3) is 0.786. The van der Waals surface area contributed by atoms with E-state index in [2.05, 4.69) is 25.9 Å². The van der Waals surface area contributed by atoms with Gasteiger partial charge in [0.15, 0.2) is 0 Å². The third-order valence-electron chi connectivity index (χ3n) is 4.06. The first-order valence-corrected chi connectivity index (χ1v) is 6.71. The van der Waals surface area contributed by atoms with Crippen molar-refractivity contribution in [2.45, 2.75) is 65.0 Å². The van der Waals surface area contributed by atoms with Crippen molar-refractivity contribution in [1.29, 1.82) is 0 Å². The van der Waals surface area contributed by atoms with E-state index < -0.39 is 5.60 Å². The van der Waals surface area contributed by atoms with Gasteiger partial charge in [0.05, 0.1) is 5.69 Å². The zero-order valence-electron chi connectivity index (χ0n) is 11.2. The molecule has 0 amide bonds. The van der Waals surface area contributed by atoms with Crippen molar-refractivity contribution in [3.63, 3.8) is 0 Å². The molecule has 3 nitrogen and oxygen atoms in total. The Morgan fingerprint density at radius 1 is 1.29 bits per heavy atom. The van der Waals surface area contributed by atoms with E-state index in [9.17, 15) is 5.11 Å². The lowest BCUT2D eigenvalue weighted by Crippen LogP contribution is -2.36. The number of hydrogen-bond donors (Lipinski definition) is 1. The van der Waals surface area contributed by atoms with Gasteiger partial charge in [-0.2, -0.15) is 5.10 Å². The van der Waals surface area contributed by atoms with E-state index in [-0.39, 0.29) is 0 Å². The molecule has 96 valence electrons. The van der Waals surface area contributed by atoms with E-state index in [1.807, 2.05) is 16.9 Å². The molecule has 1 aromatic heterocycles. The van der Waals surface area contributed by atoms with Gasteiger partial charge in [0.2, 0.25) is 0 Å². The Hall–Kier alpha value is -0.830. The predicted octanol–water partition coefficient (Wildman–Crippen LogP) is 3.08. The molecule has 1 aliphatic carbocycles. The Morgan fingerprint density at radius 2 is 1.94 bits per heavy atom. The lowest BCUT2D eigenvalue weighted by molar-refractivity contribution is -0.0374. The van der Waals surface area contributed by atoms with Crippen molar-refractivity contribution >= 4 is 0 Å². The number of aromatic nitrogens is 2. The average Bonchev–Trinajstić information content (AvgIpc) is 2.73.